The number of phenols is 1. The van der Waals surface area contributed by atoms with Crippen LogP contribution in [0.25, 0.3) is 22.3 Å². The highest BCUT2D eigenvalue weighted by Gasteiger charge is 2.15. The molecule has 164 valence electrons. The van der Waals surface area contributed by atoms with Crippen LogP contribution < -0.4 is 0 Å². The van der Waals surface area contributed by atoms with Crippen LogP contribution in [-0.2, 0) is 13.5 Å². The molecule has 3 nitrogen and oxygen atoms in total. The number of benzene rings is 3. The Hall–Kier alpha value is -3.50. The van der Waals surface area contributed by atoms with E-state index in [4.69, 9.17) is 4.98 Å². The van der Waals surface area contributed by atoms with E-state index >= 15 is 0 Å². The molecule has 5 aromatic rings. The maximum atomic E-state index is 9.71. The Bertz CT molecular complexity index is 1420. The van der Waals surface area contributed by atoms with Gasteiger partial charge in [-0.2, -0.15) is 0 Å². The van der Waals surface area contributed by atoms with Crippen LogP contribution in [0, 0.1) is 13.8 Å². The van der Waals surface area contributed by atoms with Gasteiger partial charge in [0.1, 0.15) is 16.4 Å². The van der Waals surface area contributed by atoms with Crippen molar-refractivity contribution in [2.24, 2.45) is 7.05 Å². The van der Waals surface area contributed by atoms with Gasteiger partial charge < -0.3 is 9.67 Å². The van der Waals surface area contributed by atoms with Gasteiger partial charge in [-0.15, -0.1) is 0 Å². The quantitative estimate of drug-likeness (QED) is 0.305. The Balaban J connectivity index is 1.63. The van der Waals surface area contributed by atoms with Crippen molar-refractivity contribution < 1.29 is 5.11 Å². The largest absolute Gasteiger partial charge is 0.508 e. The molecular weight excluding hydrogens is 424 g/mol. The molecule has 0 aliphatic carbocycles. The van der Waals surface area contributed by atoms with E-state index in [1.165, 1.54) is 27.1 Å². The lowest BCUT2D eigenvalue weighted by atomic mass is 10.0. The second-order valence-corrected chi connectivity index (χ2v) is 9.66. The molecule has 0 unspecified atom stereocenters. The smallest absolute Gasteiger partial charge is 0.141 e. The number of pyridine rings is 1. The van der Waals surface area contributed by atoms with Gasteiger partial charge in [0.05, 0.1) is 5.69 Å². The van der Waals surface area contributed by atoms with Gasteiger partial charge in [0, 0.05) is 17.3 Å². The molecule has 0 saturated heterocycles. The van der Waals surface area contributed by atoms with E-state index in [0.717, 1.165) is 33.7 Å². The molecule has 1 N–H and O–H groups in total. The zero-order valence-electron chi connectivity index (χ0n) is 19.0. The molecule has 4 heteroatoms. The van der Waals surface area contributed by atoms with Gasteiger partial charge in [-0.1, -0.05) is 59.3 Å². The maximum absolute atomic E-state index is 9.71. The minimum atomic E-state index is 0.271. The average molecular weight is 451 g/mol. The standard InChI is InChI=1S/C29H26N2OS/c1-19-4-8-21(9-5-19)16-23-17-28(33-25-14-6-20(2)7-15-25)30-29-26(23)18-27(31(29)3)22-10-12-24(32)13-11-22/h4-15,17-18,32H,16H2,1-3H3. The summed E-state index contributed by atoms with van der Waals surface area (Å²) in [4.78, 5) is 6.23. The Kier molecular flexibility index (Phi) is 5.69. The monoisotopic (exact) mass is 450 g/mol. The van der Waals surface area contributed by atoms with Crippen LogP contribution in [0.2, 0.25) is 0 Å². The zero-order valence-corrected chi connectivity index (χ0v) is 19.9. The summed E-state index contributed by atoms with van der Waals surface area (Å²) in [5.41, 5.74) is 8.18. The third kappa shape index (κ3) is 4.53. The second-order valence-electron chi connectivity index (χ2n) is 8.57. The molecule has 3 aromatic carbocycles. The number of aromatic nitrogens is 2. The Morgan fingerprint density at radius 2 is 1.45 bits per heavy atom. The molecule has 0 atom stereocenters. The molecule has 2 aromatic heterocycles. The van der Waals surface area contributed by atoms with Crippen molar-refractivity contribution in [1.29, 1.82) is 0 Å². The fourth-order valence-electron chi connectivity index (χ4n) is 4.09. The van der Waals surface area contributed by atoms with Gasteiger partial charge in [-0.3, -0.25) is 0 Å². The highest BCUT2D eigenvalue weighted by atomic mass is 32.2. The SMILES string of the molecule is Cc1ccc(Cc2cc(Sc3ccc(C)cc3)nc3c2cc(-c2ccc(O)cc2)n3C)cc1. The normalized spacial score (nSPS) is 11.2. The summed E-state index contributed by atoms with van der Waals surface area (Å²) in [7, 11) is 2.06. The first kappa shape index (κ1) is 21.4. The molecular formula is C29H26N2OS. The van der Waals surface area contributed by atoms with Crippen molar-refractivity contribution in [3.8, 4) is 17.0 Å². The first-order valence-electron chi connectivity index (χ1n) is 11.0. The first-order valence-corrected chi connectivity index (χ1v) is 11.9. The van der Waals surface area contributed by atoms with Gasteiger partial charge in [0.15, 0.2) is 0 Å². The summed E-state index contributed by atoms with van der Waals surface area (Å²) in [6.07, 6.45) is 0.847. The highest BCUT2D eigenvalue weighted by molar-refractivity contribution is 7.99. The summed E-state index contributed by atoms with van der Waals surface area (Å²) in [6.45, 7) is 4.22. The number of nitrogens with zero attached hydrogens (tertiary/aromatic N) is 2. The zero-order chi connectivity index (χ0) is 22.9. The first-order chi connectivity index (χ1) is 16.0. The van der Waals surface area contributed by atoms with Gasteiger partial charge in [0.2, 0.25) is 0 Å². The molecule has 0 amide bonds. The van der Waals surface area contributed by atoms with Crippen molar-refractivity contribution in [3.63, 3.8) is 0 Å². The van der Waals surface area contributed by atoms with Crippen molar-refractivity contribution in [3.05, 3.63) is 107 Å². The van der Waals surface area contributed by atoms with E-state index in [1.54, 1.807) is 23.9 Å². The van der Waals surface area contributed by atoms with Gasteiger partial charge in [-0.05, 0) is 85.5 Å². The molecule has 2 heterocycles. The lowest BCUT2D eigenvalue weighted by Gasteiger charge is -2.09. The molecule has 0 saturated carbocycles. The minimum absolute atomic E-state index is 0.271. The number of hydrogen-bond acceptors (Lipinski definition) is 3. The summed E-state index contributed by atoms with van der Waals surface area (Å²) in [6, 6.07) is 29.1. The predicted octanol–water partition coefficient (Wildman–Crippen LogP) is 7.30. The van der Waals surface area contributed by atoms with Crippen LogP contribution in [0.4, 0.5) is 0 Å². The lowest BCUT2D eigenvalue weighted by Crippen LogP contribution is -1.97. The molecule has 0 radical (unpaired) electrons. The fourth-order valence-corrected chi connectivity index (χ4v) is 4.94. The van der Waals surface area contributed by atoms with Crippen molar-refractivity contribution in [1.82, 2.24) is 9.55 Å². The van der Waals surface area contributed by atoms with Gasteiger partial charge in [-0.25, -0.2) is 4.98 Å². The average Bonchev–Trinajstić information content (AvgIpc) is 3.14. The molecule has 5 rings (SSSR count). The molecule has 33 heavy (non-hydrogen) atoms. The van der Waals surface area contributed by atoms with E-state index in [0.29, 0.717) is 0 Å². The second kappa shape index (κ2) is 8.80. The van der Waals surface area contributed by atoms with E-state index in [-0.39, 0.29) is 5.75 Å². The number of aromatic hydroxyl groups is 1. The number of hydrogen-bond donors (Lipinski definition) is 1. The number of fused-ring (bicyclic) bond motifs is 1. The molecule has 0 aliphatic rings. The predicted molar refractivity (Wildman–Crippen MR) is 137 cm³/mol. The third-order valence-corrected chi connectivity index (χ3v) is 6.91. The van der Waals surface area contributed by atoms with Crippen molar-refractivity contribution >= 4 is 22.8 Å². The van der Waals surface area contributed by atoms with Crippen LogP contribution in [0.5, 0.6) is 5.75 Å². The summed E-state index contributed by atoms with van der Waals surface area (Å²) in [5, 5.41) is 11.9. The molecule has 0 fully saturated rings. The highest BCUT2D eigenvalue weighted by Crippen LogP contribution is 2.34. The topological polar surface area (TPSA) is 38.1 Å². The van der Waals surface area contributed by atoms with Crippen molar-refractivity contribution in [2.75, 3.05) is 0 Å². The van der Waals surface area contributed by atoms with E-state index in [2.05, 4.69) is 86.1 Å². The van der Waals surface area contributed by atoms with Gasteiger partial charge in [0.25, 0.3) is 0 Å². The van der Waals surface area contributed by atoms with Crippen LogP contribution in [-0.4, -0.2) is 14.7 Å². The molecule has 0 aliphatic heterocycles. The molecule has 0 bridgehead atoms. The van der Waals surface area contributed by atoms with E-state index in [9.17, 15) is 5.11 Å². The number of aryl methyl sites for hydroxylation is 3. The summed E-state index contributed by atoms with van der Waals surface area (Å²) < 4.78 is 2.15. The maximum Gasteiger partial charge on any atom is 0.141 e. The lowest BCUT2D eigenvalue weighted by molar-refractivity contribution is 0.475. The van der Waals surface area contributed by atoms with Crippen LogP contribution >= 0.6 is 11.8 Å². The summed E-state index contributed by atoms with van der Waals surface area (Å²) >= 11 is 1.70. The fraction of sp³-hybridized carbons (Fsp3) is 0.138. The Morgan fingerprint density at radius 1 is 0.818 bits per heavy atom. The number of rotatable bonds is 5. The van der Waals surface area contributed by atoms with Crippen LogP contribution in [0.15, 0.2) is 94.9 Å². The Labute approximate surface area is 198 Å². The van der Waals surface area contributed by atoms with E-state index < -0.39 is 0 Å². The van der Waals surface area contributed by atoms with Crippen LogP contribution in [0.1, 0.15) is 22.3 Å². The number of phenolic OH excluding ortho intramolecular Hbond substituents is 1. The van der Waals surface area contributed by atoms with E-state index in [1.807, 2.05) is 12.1 Å². The minimum Gasteiger partial charge on any atom is -0.508 e. The van der Waals surface area contributed by atoms with Crippen molar-refractivity contribution in [2.45, 2.75) is 30.2 Å². The molecule has 0 spiro atoms. The van der Waals surface area contributed by atoms with Gasteiger partial charge >= 0.3 is 0 Å². The van der Waals surface area contributed by atoms with Crippen LogP contribution in [0.3, 0.4) is 0 Å². The summed E-state index contributed by atoms with van der Waals surface area (Å²) in [5.74, 6) is 0.271. The third-order valence-electron chi connectivity index (χ3n) is 5.98. The Morgan fingerprint density at radius 3 is 2.12 bits per heavy atom.